The molecule has 2 bridgehead atoms. The number of rotatable bonds is 2. The van der Waals surface area contributed by atoms with E-state index in [0.29, 0.717) is 19.1 Å². The highest BCUT2D eigenvalue weighted by Gasteiger charge is 3.00. The van der Waals surface area contributed by atoms with Crippen molar-refractivity contribution in [3.8, 4) is 0 Å². The van der Waals surface area contributed by atoms with Gasteiger partial charge in [-0.3, -0.25) is 14.5 Å². The van der Waals surface area contributed by atoms with Gasteiger partial charge in [-0.1, -0.05) is 6.42 Å². The van der Waals surface area contributed by atoms with E-state index < -0.39 is 18.7 Å². The lowest BCUT2D eigenvalue weighted by Gasteiger charge is -2.24. The Morgan fingerprint density at radius 3 is 3.00 bits per heavy atom. The molecule has 1 amide bonds. The Morgan fingerprint density at radius 2 is 2.33 bits per heavy atom. The van der Waals surface area contributed by atoms with Crippen LogP contribution in [-0.2, 0) is 18.9 Å². The summed E-state index contributed by atoms with van der Waals surface area (Å²) in [5.74, 6) is -0.331. The minimum Gasteiger partial charge on any atom is -0.508 e. The van der Waals surface area contributed by atoms with Gasteiger partial charge in [0.25, 0.3) is 0 Å². The predicted molar refractivity (Wildman–Crippen MR) is 74.2 cm³/mol. The number of amides is 1. The van der Waals surface area contributed by atoms with Gasteiger partial charge in [0.2, 0.25) is 5.91 Å². The molecule has 5 saturated heterocycles. The van der Waals surface area contributed by atoms with E-state index in [1.807, 2.05) is 0 Å². The average Bonchev–Trinajstić information content (AvgIpc) is 3.22. The number of fused-ring (bicyclic) bond motifs is 5. The molecular formula is C13H20BN3O4. The minimum atomic E-state index is -0.622. The Kier molecular flexibility index (Phi) is 2.58. The van der Waals surface area contributed by atoms with Crippen molar-refractivity contribution in [1.82, 2.24) is 9.80 Å². The van der Waals surface area contributed by atoms with Gasteiger partial charge in [0.1, 0.15) is 0 Å². The molecular weight excluding hydrogens is 273 g/mol. The zero-order chi connectivity index (χ0) is 15.0. The summed E-state index contributed by atoms with van der Waals surface area (Å²) in [6.07, 6.45) is 2.73. The van der Waals surface area contributed by atoms with Gasteiger partial charge in [0.15, 0.2) is 5.54 Å². The van der Waals surface area contributed by atoms with Gasteiger partial charge in [0, 0.05) is 19.7 Å². The first-order chi connectivity index (χ1) is 9.99. The van der Waals surface area contributed by atoms with E-state index in [2.05, 4.69) is 4.90 Å². The Balaban J connectivity index is 1.59. The summed E-state index contributed by atoms with van der Waals surface area (Å²) in [7, 11) is 1.09. The fourth-order valence-electron chi connectivity index (χ4n) is 4.59. The molecule has 21 heavy (non-hydrogen) atoms. The molecule has 0 saturated carbocycles. The van der Waals surface area contributed by atoms with Gasteiger partial charge in [0.05, 0.1) is 18.1 Å². The number of hydrogen-bond acceptors (Lipinski definition) is 6. The van der Waals surface area contributed by atoms with Gasteiger partial charge < -0.3 is 19.9 Å². The average molecular weight is 293 g/mol. The van der Waals surface area contributed by atoms with Crippen molar-refractivity contribution >= 4 is 19.0 Å². The highest BCUT2D eigenvalue weighted by Crippen LogP contribution is 2.76. The number of likely N-dealkylation sites (tertiary alicyclic amines) is 1. The van der Waals surface area contributed by atoms with Gasteiger partial charge in [-0.05, 0) is 19.7 Å². The molecule has 2 spiro atoms. The number of nitrogens with two attached hydrogens (primary N) is 1. The maximum Gasteiger partial charge on any atom is 0.527 e. The normalized spacial score (nSPS) is 44.8. The van der Waals surface area contributed by atoms with E-state index in [-0.39, 0.29) is 17.4 Å². The maximum atomic E-state index is 12.6. The van der Waals surface area contributed by atoms with Gasteiger partial charge >= 0.3 is 13.1 Å². The summed E-state index contributed by atoms with van der Waals surface area (Å²) in [5, 5.41) is 0. The zero-order valence-corrected chi connectivity index (χ0v) is 12.4. The van der Waals surface area contributed by atoms with Crippen LogP contribution in [0.5, 0.6) is 0 Å². The number of hydrogen-bond donors (Lipinski definition) is 1. The molecule has 1 unspecified atom stereocenters. The Morgan fingerprint density at radius 1 is 1.57 bits per heavy atom. The van der Waals surface area contributed by atoms with Crippen LogP contribution in [0.3, 0.4) is 0 Å². The second-order valence-corrected chi connectivity index (χ2v) is 6.65. The van der Waals surface area contributed by atoms with Crippen LogP contribution in [0.1, 0.15) is 19.8 Å². The van der Waals surface area contributed by atoms with E-state index in [0.717, 1.165) is 19.2 Å². The third kappa shape index (κ3) is 1.41. The van der Waals surface area contributed by atoms with E-state index in [1.165, 1.54) is 0 Å². The first-order valence-corrected chi connectivity index (χ1v) is 7.57. The minimum absolute atomic E-state index is 0.0882. The van der Waals surface area contributed by atoms with E-state index in [1.54, 1.807) is 18.9 Å². The van der Waals surface area contributed by atoms with Gasteiger partial charge in [-0.15, -0.1) is 0 Å². The number of carbonyl (C=O) groups excluding carboxylic acids is 2. The van der Waals surface area contributed by atoms with Crippen molar-refractivity contribution in [1.29, 1.82) is 0 Å². The molecule has 0 aliphatic carbocycles. The summed E-state index contributed by atoms with van der Waals surface area (Å²) in [6, 6.07) is -0.121. The lowest BCUT2D eigenvalue weighted by atomic mass is 9.82. The summed E-state index contributed by atoms with van der Waals surface area (Å²) in [4.78, 5) is 28.7. The Hall–Kier alpha value is -1.12. The zero-order valence-electron chi connectivity index (χ0n) is 12.4. The first kappa shape index (κ1) is 13.5. The molecule has 114 valence electrons. The lowest BCUT2D eigenvalue weighted by Crippen LogP contribution is -2.49. The van der Waals surface area contributed by atoms with Crippen LogP contribution in [-0.4, -0.2) is 72.2 Å². The third-order valence-corrected chi connectivity index (χ3v) is 5.61. The third-order valence-electron chi connectivity index (χ3n) is 5.61. The highest BCUT2D eigenvalue weighted by molar-refractivity contribution is 6.47. The van der Waals surface area contributed by atoms with Crippen molar-refractivity contribution < 1.29 is 18.9 Å². The van der Waals surface area contributed by atoms with Gasteiger partial charge in [-0.25, -0.2) is 0 Å². The molecule has 0 aromatic heterocycles. The van der Waals surface area contributed by atoms with E-state index >= 15 is 0 Å². The van der Waals surface area contributed by atoms with Crippen LogP contribution in [0.15, 0.2) is 0 Å². The fourth-order valence-corrected chi connectivity index (χ4v) is 4.59. The number of nitrogens with zero attached hydrogens (tertiary/aromatic N) is 2. The summed E-state index contributed by atoms with van der Waals surface area (Å²) < 4.78 is 10.7. The summed E-state index contributed by atoms with van der Waals surface area (Å²) in [6.45, 7) is 2.69. The molecule has 5 heterocycles. The van der Waals surface area contributed by atoms with Crippen LogP contribution in [0, 0.1) is 0 Å². The molecule has 5 aliphatic heterocycles. The molecule has 0 radical (unpaired) electrons. The first-order valence-electron chi connectivity index (χ1n) is 7.57. The lowest BCUT2D eigenvalue weighted by molar-refractivity contribution is -0.142. The molecule has 5 rings (SSSR count). The molecule has 5 atom stereocenters. The van der Waals surface area contributed by atoms with E-state index in [9.17, 15) is 9.59 Å². The molecule has 2 N–H and O–H groups in total. The number of carbonyl (C=O) groups is 2. The molecule has 5 aliphatic rings. The van der Waals surface area contributed by atoms with Gasteiger partial charge in [-0.2, -0.15) is 0 Å². The molecule has 5 fully saturated rings. The quantitative estimate of drug-likeness (QED) is 0.510. The van der Waals surface area contributed by atoms with Crippen molar-refractivity contribution in [2.45, 2.75) is 49.2 Å². The molecule has 0 aromatic carbocycles. The molecule has 7 nitrogen and oxygen atoms in total. The fraction of sp³-hybridized carbons (Fsp3) is 0.846. The second-order valence-electron chi connectivity index (χ2n) is 6.65. The second kappa shape index (κ2) is 4.00. The van der Waals surface area contributed by atoms with Crippen LogP contribution in [0.25, 0.3) is 0 Å². The van der Waals surface area contributed by atoms with Crippen LogP contribution in [0.4, 0.5) is 0 Å². The molecule has 0 aromatic rings. The van der Waals surface area contributed by atoms with Crippen molar-refractivity contribution in [2.24, 2.45) is 5.73 Å². The standard InChI is InChI=1S/C13H20BN3O4/c1-8(15)10(18)16-6-12-9-4-3-5-14(20-2)21-11(19)13(12,7-16)17(9)12/h8-9H,3-7,15H2,1-2H3/t8-,9-,12-,13+,17?/m0/s1. The van der Waals surface area contributed by atoms with Crippen LogP contribution < -0.4 is 5.73 Å². The van der Waals surface area contributed by atoms with Crippen LogP contribution in [0.2, 0.25) is 6.32 Å². The number of piperazine rings is 1. The van der Waals surface area contributed by atoms with E-state index in [4.69, 9.17) is 15.0 Å². The van der Waals surface area contributed by atoms with Crippen molar-refractivity contribution in [3.63, 3.8) is 0 Å². The predicted octanol–water partition coefficient (Wildman–Crippen LogP) is -1.18. The highest BCUT2D eigenvalue weighted by atomic mass is 16.6. The summed E-state index contributed by atoms with van der Waals surface area (Å²) >= 11 is 0. The summed E-state index contributed by atoms with van der Waals surface area (Å²) in [5.41, 5.74) is 4.90. The Labute approximate surface area is 123 Å². The largest absolute Gasteiger partial charge is 0.527 e. The van der Waals surface area contributed by atoms with Crippen molar-refractivity contribution in [2.75, 3.05) is 20.2 Å². The SMILES string of the molecule is COB1CCC[C@@H]2N3[C@]4(CN(C(=O)[C@H](C)N)C[C@@]234)C(=O)O1. The maximum absolute atomic E-state index is 12.6. The van der Waals surface area contributed by atoms with Crippen molar-refractivity contribution in [3.05, 3.63) is 0 Å². The van der Waals surface area contributed by atoms with Crippen LogP contribution >= 0.6 is 0 Å². The monoisotopic (exact) mass is 293 g/mol. The molecule has 8 heteroatoms. The smallest absolute Gasteiger partial charge is 0.508 e. The topological polar surface area (TPSA) is 84.9 Å². The Bertz CT molecular complexity index is 530.